The second-order valence-electron chi connectivity index (χ2n) is 9.13. The van der Waals surface area contributed by atoms with E-state index in [0.717, 1.165) is 43.1 Å². The molecular weight excluding hydrogens is 390 g/mol. The minimum atomic E-state index is -0.289. The number of ether oxygens (including phenoxy) is 2. The van der Waals surface area contributed by atoms with Crippen LogP contribution in [0.4, 0.5) is 10.5 Å². The number of methoxy groups -OCH3 is 1. The zero-order valence-electron chi connectivity index (χ0n) is 19.4. The molecule has 1 heterocycles. The van der Waals surface area contributed by atoms with Crippen LogP contribution in [0.1, 0.15) is 32.8 Å². The van der Waals surface area contributed by atoms with Crippen LogP contribution in [0, 0.1) is 0 Å². The highest BCUT2D eigenvalue weighted by atomic mass is 16.5. The maximum atomic E-state index is 13.2. The molecule has 2 amide bonds. The highest BCUT2D eigenvalue weighted by molar-refractivity contribution is 5.94. The molecule has 0 aromatic heterocycles. The number of anilines is 1. The Kier molecular flexibility index (Phi) is 7.44. The van der Waals surface area contributed by atoms with Gasteiger partial charge >= 0.3 is 6.03 Å². The van der Waals surface area contributed by atoms with Crippen molar-refractivity contribution in [3.63, 3.8) is 0 Å². The van der Waals surface area contributed by atoms with Gasteiger partial charge in [0.15, 0.2) is 11.5 Å². The van der Waals surface area contributed by atoms with E-state index in [0.29, 0.717) is 6.61 Å². The highest BCUT2D eigenvalue weighted by Gasteiger charge is 2.33. The number of amides is 2. The summed E-state index contributed by atoms with van der Waals surface area (Å²) in [5.41, 5.74) is 1.95. The number of nitrogens with zero attached hydrogens (tertiary/aromatic N) is 2. The lowest BCUT2D eigenvalue weighted by Gasteiger charge is -2.40. The molecule has 2 aromatic rings. The lowest BCUT2D eigenvalue weighted by Crippen LogP contribution is -2.56. The Morgan fingerprint density at radius 1 is 1.13 bits per heavy atom. The SMILES string of the molecule is COc1ccccc1OCCN(C)CC1CCc2ccccc2N1C(=O)NC(C)(C)C. The summed E-state index contributed by atoms with van der Waals surface area (Å²) in [4.78, 5) is 17.4. The number of aryl methyl sites for hydroxylation is 1. The van der Waals surface area contributed by atoms with E-state index >= 15 is 0 Å². The first-order chi connectivity index (χ1) is 14.8. The van der Waals surface area contributed by atoms with Gasteiger partial charge in [0, 0.05) is 24.3 Å². The third kappa shape index (κ3) is 6.14. The van der Waals surface area contributed by atoms with E-state index in [1.54, 1.807) is 7.11 Å². The van der Waals surface area contributed by atoms with Gasteiger partial charge in [-0.1, -0.05) is 30.3 Å². The van der Waals surface area contributed by atoms with Gasteiger partial charge in [-0.05, 0) is 64.4 Å². The van der Waals surface area contributed by atoms with E-state index in [9.17, 15) is 4.79 Å². The van der Waals surface area contributed by atoms with Crippen molar-refractivity contribution in [2.24, 2.45) is 0 Å². The van der Waals surface area contributed by atoms with Crippen LogP contribution < -0.4 is 19.7 Å². The van der Waals surface area contributed by atoms with Gasteiger partial charge in [-0.2, -0.15) is 0 Å². The van der Waals surface area contributed by atoms with Crippen LogP contribution in [0.2, 0.25) is 0 Å². The number of hydrogen-bond donors (Lipinski definition) is 1. The van der Waals surface area contributed by atoms with Crippen LogP contribution in [0.3, 0.4) is 0 Å². The molecule has 31 heavy (non-hydrogen) atoms. The van der Waals surface area contributed by atoms with Crippen molar-refractivity contribution in [3.05, 3.63) is 54.1 Å². The number of nitrogens with one attached hydrogen (secondary N) is 1. The van der Waals surface area contributed by atoms with Crippen LogP contribution in [0.15, 0.2) is 48.5 Å². The zero-order valence-corrected chi connectivity index (χ0v) is 19.4. The molecule has 168 valence electrons. The van der Waals surface area contributed by atoms with Crippen molar-refractivity contribution in [2.75, 3.05) is 38.8 Å². The van der Waals surface area contributed by atoms with Crippen molar-refractivity contribution in [2.45, 2.75) is 45.2 Å². The molecule has 0 fully saturated rings. The topological polar surface area (TPSA) is 54.0 Å². The number of benzene rings is 2. The summed E-state index contributed by atoms with van der Waals surface area (Å²) >= 11 is 0. The Hall–Kier alpha value is -2.73. The van der Waals surface area contributed by atoms with E-state index in [4.69, 9.17) is 9.47 Å². The van der Waals surface area contributed by atoms with Crippen LogP contribution >= 0.6 is 0 Å². The molecule has 1 aliphatic rings. The number of para-hydroxylation sites is 3. The molecular formula is C25H35N3O3. The van der Waals surface area contributed by atoms with Crippen LogP contribution in [0.25, 0.3) is 0 Å². The van der Waals surface area contributed by atoms with Crippen molar-refractivity contribution in [3.8, 4) is 11.5 Å². The smallest absolute Gasteiger partial charge is 0.322 e. The number of hydrogen-bond acceptors (Lipinski definition) is 4. The van der Waals surface area contributed by atoms with Gasteiger partial charge in [-0.25, -0.2) is 4.79 Å². The molecule has 2 aromatic carbocycles. The van der Waals surface area contributed by atoms with Gasteiger partial charge in [0.05, 0.1) is 13.2 Å². The minimum Gasteiger partial charge on any atom is -0.493 e. The largest absolute Gasteiger partial charge is 0.493 e. The molecule has 6 nitrogen and oxygen atoms in total. The van der Waals surface area contributed by atoms with Gasteiger partial charge in [-0.15, -0.1) is 0 Å². The van der Waals surface area contributed by atoms with Gasteiger partial charge in [-0.3, -0.25) is 4.90 Å². The minimum absolute atomic E-state index is 0.0386. The number of carbonyl (C=O) groups is 1. The maximum absolute atomic E-state index is 13.2. The molecule has 0 spiro atoms. The summed E-state index contributed by atoms with van der Waals surface area (Å²) in [7, 11) is 3.72. The lowest BCUT2D eigenvalue weighted by atomic mass is 9.95. The van der Waals surface area contributed by atoms with E-state index in [-0.39, 0.29) is 17.6 Å². The third-order valence-electron chi connectivity index (χ3n) is 5.39. The molecule has 3 rings (SSSR count). The van der Waals surface area contributed by atoms with E-state index < -0.39 is 0 Å². The Balaban J connectivity index is 1.65. The fourth-order valence-electron chi connectivity index (χ4n) is 3.93. The summed E-state index contributed by atoms with van der Waals surface area (Å²) < 4.78 is 11.3. The normalized spacial score (nSPS) is 16.1. The Morgan fingerprint density at radius 3 is 2.52 bits per heavy atom. The van der Waals surface area contributed by atoms with Crippen molar-refractivity contribution in [1.29, 1.82) is 0 Å². The fourth-order valence-corrected chi connectivity index (χ4v) is 3.93. The van der Waals surface area contributed by atoms with Crippen molar-refractivity contribution in [1.82, 2.24) is 10.2 Å². The monoisotopic (exact) mass is 425 g/mol. The molecule has 1 aliphatic heterocycles. The zero-order chi connectivity index (χ0) is 22.4. The van der Waals surface area contributed by atoms with Crippen molar-refractivity contribution < 1.29 is 14.3 Å². The number of rotatable bonds is 7. The molecule has 0 saturated carbocycles. The van der Waals surface area contributed by atoms with Gasteiger partial charge in [0.2, 0.25) is 0 Å². The number of likely N-dealkylation sites (N-methyl/N-ethyl adjacent to an activating group) is 1. The molecule has 6 heteroatoms. The molecule has 1 atom stereocenters. The summed E-state index contributed by atoms with van der Waals surface area (Å²) in [5, 5.41) is 3.14. The second kappa shape index (κ2) is 10.1. The second-order valence-corrected chi connectivity index (χ2v) is 9.13. The fraction of sp³-hybridized carbons (Fsp3) is 0.480. The van der Waals surface area contributed by atoms with Crippen molar-refractivity contribution >= 4 is 11.7 Å². The Morgan fingerprint density at radius 2 is 1.81 bits per heavy atom. The molecule has 1 N–H and O–H groups in total. The molecule has 0 aliphatic carbocycles. The first kappa shape index (κ1) is 22.9. The standard InChI is InChI=1S/C25H35N3O3/c1-25(2,3)26-24(29)28-20(15-14-19-10-6-7-11-21(19)28)18-27(4)16-17-31-23-13-9-8-12-22(23)30-5/h6-13,20H,14-18H2,1-5H3,(H,26,29). The molecule has 0 radical (unpaired) electrons. The predicted octanol–water partition coefficient (Wildman–Crippen LogP) is 4.34. The third-order valence-corrected chi connectivity index (χ3v) is 5.39. The first-order valence-corrected chi connectivity index (χ1v) is 10.9. The highest BCUT2D eigenvalue weighted by Crippen LogP contribution is 2.31. The van der Waals surface area contributed by atoms with E-state index in [2.05, 4.69) is 29.4 Å². The summed E-state index contributed by atoms with van der Waals surface area (Å²) in [6.45, 7) is 8.12. The number of fused-ring (bicyclic) bond motifs is 1. The van der Waals surface area contributed by atoms with Crippen LogP contribution in [-0.4, -0.2) is 56.4 Å². The van der Waals surface area contributed by atoms with E-state index in [1.807, 2.05) is 62.1 Å². The summed E-state index contributed by atoms with van der Waals surface area (Å²) in [5.74, 6) is 1.48. The molecule has 1 unspecified atom stereocenters. The van der Waals surface area contributed by atoms with Gasteiger partial charge in [0.25, 0.3) is 0 Å². The maximum Gasteiger partial charge on any atom is 0.322 e. The predicted molar refractivity (Wildman–Crippen MR) is 125 cm³/mol. The number of carbonyl (C=O) groups excluding carboxylic acids is 1. The summed E-state index contributed by atoms with van der Waals surface area (Å²) in [6.07, 6.45) is 1.91. The molecule has 0 bridgehead atoms. The van der Waals surface area contributed by atoms with E-state index in [1.165, 1.54) is 5.56 Å². The number of urea groups is 1. The average Bonchev–Trinajstić information content (AvgIpc) is 2.72. The average molecular weight is 426 g/mol. The van der Waals surface area contributed by atoms with Gasteiger partial charge in [0.1, 0.15) is 6.61 Å². The first-order valence-electron chi connectivity index (χ1n) is 10.9. The Bertz CT molecular complexity index is 878. The molecule has 0 saturated heterocycles. The Labute approximate surface area is 186 Å². The van der Waals surface area contributed by atoms with Crippen LogP contribution in [-0.2, 0) is 6.42 Å². The van der Waals surface area contributed by atoms with Crippen LogP contribution in [0.5, 0.6) is 11.5 Å². The quantitative estimate of drug-likeness (QED) is 0.717. The summed E-state index contributed by atoms with van der Waals surface area (Å²) in [6, 6.07) is 15.9. The lowest BCUT2D eigenvalue weighted by molar-refractivity contribution is 0.211. The van der Waals surface area contributed by atoms with Gasteiger partial charge < -0.3 is 19.7 Å².